The van der Waals surface area contributed by atoms with Crippen molar-refractivity contribution >= 4 is 27.6 Å². The maximum atomic E-state index is 12.7. The first kappa shape index (κ1) is 21.3. The van der Waals surface area contributed by atoms with Crippen molar-refractivity contribution in [3.05, 3.63) is 45.9 Å². The summed E-state index contributed by atoms with van der Waals surface area (Å²) in [6.07, 6.45) is 0.295. The third-order valence-corrected chi connectivity index (χ3v) is 4.73. The molecule has 1 aromatic heterocycles. The summed E-state index contributed by atoms with van der Waals surface area (Å²) >= 11 is 1.27. The van der Waals surface area contributed by atoms with E-state index in [0.29, 0.717) is 17.1 Å². The average molecular weight is 415 g/mol. The van der Waals surface area contributed by atoms with Gasteiger partial charge in [-0.3, -0.25) is 4.79 Å². The molecule has 0 bridgehead atoms. The van der Waals surface area contributed by atoms with Crippen LogP contribution in [0.2, 0.25) is 0 Å². The Hall–Kier alpha value is -2.01. The second kappa shape index (κ2) is 8.34. The Balaban J connectivity index is 2.24. The van der Waals surface area contributed by atoms with Gasteiger partial charge in [-0.15, -0.1) is 11.3 Å². The molecule has 27 heavy (non-hydrogen) atoms. The molecule has 0 aliphatic rings. The Kier molecular flexibility index (Phi) is 6.58. The number of aliphatic hydroxyl groups excluding tert-OH is 1. The Morgan fingerprint density at radius 3 is 2.41 bits per heavy atom. The summed E-state index contributed by atoms with van der Waals surface area (Å²) in [5.74, 6) is -1.00. The number of esters is 1. The van der Waals surface area contributed by atoms with Crippen LogP contribution in [0.3, 0.4) is 0 Å². The molecule has 148 valence electrons. The smallest absolute Gasteiger partial charge is 0.380 e. The zero-order chi connectivity index (χ0) is 20.2. The van der Waals surface area contributed by atoms with Gasteiger partial charge < -0.3 is 14.0 Å². The lowest BCUT2D eigenvalue weighted by Gasteiger charge is -2.23. The average Bonchev–Trinajstić information content (AvgIpc) is 2.99. The molecule has 0 unspecified atom stereocenters. The molecule has 1 atom stereocenters. The third kappa shape index (κ3) is 6.90. The normalized spacial score (nSPS) is 13.2. The quantitative estimate of drug-likeness (QED) is 0.662. The zero-order valence-corrected chi connectivity index (χ0v) is 16.8. The summed E-state index contributed by atoms with van der Waals surface area (Å²) in [4.78, 5) is 17.0. The number of rotatable bonds is 7. The Labute approximate surface area is 162 Å². The van der Waals surface area contributed by atoms with Crippen molar-refractivity contribution in [2.24, 2.45) is 5.14 Å². The minimum atomic E-state index is -4.10. The Bertz CT molecular complexity index is 885. The SMILES string of the molecule is CC(C)(C)OC(=O)[C@H](Cc1ccc(OS(N)(=O)=O)cc1)c1nc(CO)cs1. The van der Waals surface area contributed by atoms with E-state index in [9.17, 15) is 18.3 Å². The van der Waals surface area contributed by atoms with Gasteiger partial charge in [-0.1, -0.05) is 12.1 Å². The van der Waals surface area contributed by atoms with Crippen LogP contribution in [-0.2, 0) is 32.9 Å². The van der Waals surface area contributed by atoms with Crippen LogP contribution in [0.1, 0.15) is 43.0 Å². The van der Waals surface area contributed by atoms with Gasteiger partial charge in [0.15, 0.2) is 0 Å². The second-order valence-corrected chi connectivity index (χ2v) is 8.89. The molecule has 10 heteroatoms. The van der Waals surface area contributed by atoms with Gasteiger partial charge in [0, 0.05) is 5.38 Å². The Morgan fingerprint density at radius 2 is 1.93 bits per heavy atom. The molecule has 1 heterocycles. The maximum Gasteiger partial charge on any atom is 0.380 e. The molecule has 0 amide bonds. The number of aliphatic hydroxyl groups is 1. The van der Waals surface area contributed by atoms with Crippen LogP contribution in [0.4, 0.5) is 0 Å². The van der Waals surface area contributed by atoms with Crippen LogP contribution in [-0.4, -0.2) is 30.1 Å². The highest BCUT2D eigenvalue weighted by Crippen LogP contribution is 2.28. The van der Waals surface area contributed by atoms with Crippen LogP contribution in [0.5, 0.6) is 5.75 Å². The van der Waals surface area contributed by atoms with Gasteiger partial charge in [0.25, 0.3) is 0 Å². The predicted octanol–water partition coefficient (Wildman–Crippen LogP) is 1.89. The summed E-state index contributed by atoms with van der Waals surface area (Å²) in [5.41, 5.74) is 0.591. The lowest BCUT2D eigenvalue weighted by molar-refractivity contribution is -0.156. The molecule has 0 aliphatic carbocycles. The number of carbonyl (C=O) groups is 1. The summed E-state index contributed by atoms with van der Waals surface area (Å²) in [6.45, 7) is 5.13. The third-order valence-electron chi connectivity index (χ3n) is 3.30. The van der Waals surface area contributed by atoms with Gasteiger partial charge in [0.1, 0.15) is 22.3 Å². The monoisotopic (exact) mass is 414 g/mol. The van der Waals surface area contributed by atoms with Crippen LogP contribution in [0.25, 0.3) is 0 Å². The van der Waals surface area contributed by atoms with Crippen molar-refractivity contribution in [1.82, 2.24) is 4.98 Å². The predicted molar refractivity (Wildman–Crippen MR) is 101 cm³/mol. The number of nitrogens with two attached hydrogens (primary N) is 1. The van der Waals surface area contributed by atoms with Crippen molar-refractivity contribution in [3.8, 4) is 5.75 Å². The number of hydrogen-bond acceptors (Lipinski definition) is 8. The minimum absolute atomic E-state index is 0.0758. The van der Waals surface area contributed by atoms with E-state index in [1.165, 1.54) is 23.5 Å². The van der Waals surface area contributed by atoms with E-state index in [0.717, 1.165) is 5.56 Å². The number of thiazole rings is 1. The highest BCUT2D eigenvalue weighted by molar-refractivity contribution is 7.84. The van der Waals surface area contributed by atoms with Gasteiger partial charge >= 0.3 is 16.3 Å². The van der Waals surface area contributed by atoms with Gasteiger partial charge in [0.05, 0.1) is 12.3 Å². The van der Waals surface area contributed by atoms with Crippen molar-refractivity contribution in [3.63, 3.8) is 0 Å². The van der Waals surface area contributed by atoms with Gasteiger partial charge in [0.2, 0.25) is 0 Å². The minimum Gasteiger partial charge on any atom is -0.459 e. The Morgan fingerprint density at radius 1 is 1.30 bits per heavy atom. The number of nitrogens with zero attached hydrogens (tertiary/aromatic N) is 1. The fraction of sp³-hybridized carbons (Fsp3) is 0.412. The highest BCUT2D eigenvalue weighted by atomic mass is 32.2. The van der Waals surface area contributed by atoms with Crippen LogP contribution < -0.4 is 9.32 Å². The summed E-state index contributed by atoms with van der Waals surface area (Å²) in [6, 6.07) is 6.18. The van der Waals surface area contributed by atoms with E-state index in [2.05, 4.69) is 9.17 Å². The molecule has 0 spiro atoms. The summed E-state index contributed by atoms with van der Waals surface area (Å²) in [7, 11) is -4.10. The molecule has 2 rings (SSSR count). The zero-order valence-electron chi connectivity index (χ0n) is 15.2. The lowest BCUT2D eigenvalue weighted by atomic mass is 9.99. The molecule has 0 radical (unpaired) electrons. The van der Waals surface area contributed by atoms with Gasteiger partial charge in [-0.25, -0.2) is 4.98 Å². The molecule has 0 saturated carbocycles. The molecule has 0 saturated heterocycles. The highest BCUT2D eigenvalue weighted by Gasteiger charge is 2.29. The topological polar surface area (TPSA) is 129 Å². The molecule has 0 aliphatic heterocycles. The first-order chi connectivity index (χ1) is 12.5. The number of benzene rings is 1. The van der Waals surface area contributed by atoms with E-state index < -0.39 is 27.8 Å². The number of ether oxygens (including phenoxy) is 1. The largest absolute Gasteiger partial charge is 0.459 e. The van der Waals surface area contributed by atoms with E-state index in [4.69, 9.17) is 9.88 Å². The lowest BCUT2D eigenvalue weighted by Crippen LogP contribution is -2.28. The van der Waals surface area contributed by atoms with Crippen molar-refractivity contribution in [2.75, 3.05) is 0 Å². The molecule has 8 nitrogen and oxygen atoms in total. The summed E-state index contributed by atoms with van der Waals surface area (Å²) < 4.78 is 32.0. The van der Waals surface area contributed by atoms with Crippen LogP contribution >= 0.6 is 11.3 Å². The molecule has 3 N–H and O–H groups in total. The standard InChI is InChI=1S/C17H22N2O6S2/c1-17(2,3)24-16(21)14(15-19-12(9-20)10-26-15)8-11-4-6-13(7-5-11)25-27(18,22)23/h4-7,10,14,20H,8-9H2,1-3H3,(H2,18,22,23)/t14-/m1/s1. The second-order valence-electron chi connectivity index (χ2n) is 6.85. The van der Waals surface area contributed by atoms with Gasteiger partial charge in [-0.2, -0.15) is 13.6 Å². The molecule has 2 aromatic rings. The molecule has 1 aromatic carbocycles. The first-order valence-corrected chi connectivity index (χ1v) is 10.4. The summed E-state index contributed by atoms with van der Waals surface area (Å²) in [5, 5.41) is 16.3. The molecule has 0 fully saturated rings. The molecular weight excluding hydrogens is 392 g/mol. The van der Waals surface area contributed by atoms with Crippen molar-refractivity contribution < 1.29 is 27.2 Å². The van der Waals surface area contributed by atoms with Gasteiger partial charge in [-0.05, 0) is 44.9 Å². The molecular formula is C17H22N2O6S2. The van der Waals surface area contributed by atoms with E-state index in [1.807, 2.05) is 0 Å². The fourth-order valence-electron chi connectivity index (χ4n) is 2.25. The van der Waals surface area contributed by atoms with Crippen molar-refractivity contribution in [1.29, 1.82) is 0 Å². The number of hydrogen-bond donors (Lipinski definition) is 2. The number of aromatic nitrogens is 1. The van der Waals surface area contributed by atoms with Crippen LogP contribution in [0, 0.1) is 0 Å². The first-order valence-electron chi connectivity index (χ1n) is 8.06. The van der Waals surface area contributed by atoms with E-state index in [-0.39, 0.29) is 12.4 Å². The number of carbonyl (C=O) groups excluding carboxylic acids is 1. The maximum absolute atomic E-state index is 12.7. The van der Waals surface area contributed by atoms with E-state index in [1.54, 1.807) is 38.3 Å². The fourth-order valence-corrected chi connectivity index (χ4v) is 3.53. The van der Waals surface area contributed by atoms with E-state index >= 15 is 0 Å². The van der Waals surface area contributed by atoms with Crippen molar-refractivity contribution in [2.45, 2.75) is 45.3 Å². The van der Waals surface area contributed by atoms with Crippen LogP contribution in [0.15, 0.2) is 29.6 Å².